The zero-order valence-corrected chi connectivity index (χ0v) is 13.8. The Balaban J connectivity index is 1.51. The van der Waals surface area contributed by atoms with Crippen molar-refractivity contribution in [3.8, 4) is 11.3 Å². The number of hydrogen-bond donors (Lipinski definition) is 3. The highest BCUT2D eigenvalue weighted by Crippen LogP contribution is 2.37. The van der Waals surface area contributed by atoms with Gasteiger partial charge in [0.25, 0.3) is 0 Å². The molecule has 2 aromatic heterocycles. The maximum Gasteiger partial charge on any atom is 0.227 e. The molecule has 3 N–H and O–H groups in total. The molecule has 0 saturated heterocycles. The molecule has 24 heavy (non-hydrogen) atoms. The Bertz CT molecular complexity index is 741. The highest BCUT2D eigenvalue weighted by molar-refractivity contribution is 5.92. The lowest BCUT2D eigenvalue weighted by Crippen LogP contribution is -2.29. The van der Waals surface area contributed by atoms with Gasteiger partial charge in [0, 0.05) is 42.4 Å². The van der Waals surface area contributed by atoms with Crippen LogP contribution in [0, 0.1) is 18.8 Å². The quantitative estimate of drug-likeness (QED) is 0.754. The summed E-state index contributed by atoms with van der Waals surface area (Å²) in [6.45, 7) is 4.29. The molecule has 3 rings (SSSR count). The van der Waals surface area contributed by atoms with Crippen LogP contribution in [0.5, 0.6) is 0 Å². The van der Waals surface area contributed by atoms with Gasteiger partial charge in [0.2, 0.25) is 11.8 Å². The van der Waals surface area contributed by atoms with Gasteiger partial charge in [-0.2, -0.15) is 5.10 Å². The Labute approximate surface area is 140 Å². The number of anilines is 1. The number of amides is 2. The van der Waals surface area contributed by atoms with Crippen LogP contribution in [0.15, 0.2) is 24.5 Å². The van der Waals surface area contributed by atoms with Crippen molar-refractivity contribution in [2.45, 2.75) is 26.7 Å². The van der Waals surface area contributed by atoms with E-state index in [9.17, 15) is 9.59 Å². The van der Waals surface area contributed by atoms with E-state index in [-0.39, 0.29) is 24.2 Å². The van der Waals surface area contributed by atoms with Crippen molar-refractivity contribution in [2.75, 3.05) is 11.9 Å². The number of H-pyrrole nitrogens is 1. The molecule has 1 aliphatic carbocycles. The maximum atomic E-state index is 12.0. The lowest BCUT2D eigenvalue weighted by Gasteiger charge is -2.05. The number of aromatic nitrogens is 3. The molecule has 126 valence electrons. The molecule has 1 aliphatic rings. The number of rotatable bonds is 6. The van der Waals surface area contributed by atoms with Gasteiger partial charge in [0.1, 0.15) is 0 Å². The smallest absolute Gasteiger partial charge is 0.227 e. The molecule has 2 aromatic rings. The van der Waals surface area contributed by atoms with Crippen LogP contribution < -0.4 is 10.6 Å². The average molecular weight is 327 g/mol. The molecule has 2 amide bonds. The second-order valence-electron chi connectivity index (χ2n) is 6.22. The van der Waals surface area contributed by atoms with E-state index in [1.54, 1.807) is 12.4 Å². The standard InChI is InChI=1S/C17H21N5O2/c1-10-9-13(10)17(24)19-8-5-14(23)20-16-11(2)15(21-22-16)12-3-6-18-7-4-12/h3-4,6-7,10,13H,5,8-9H2,1-2H3,(H,19,24)(H2,20,21,22,23)/t10-,13+/m0/s1. The summed E-state index contributed by atoms with van der Waals surface area (Å²) >= 11 is 0. The summed E-state index contributed by atoms with van der Waals surface area (Å²) in [5.74, 6) is 0.983. The van der Waals surface area contributed by atoms with Crippen molar-refractivity contribution in [1.29, 1.82) is 0 Å². The minimum absolute atomic E-state index is 0.0474. The van der Waals surface area contributed by atoms with Gasteiger partial charge in [-0.15, -0.1) is 0 Å². The van der Waals surface area contributed by atoms with Gasteiger partial charge in [0.15, 0.2) is 5.82 Å². The zero-order chi connectivity index (χ0) is 17.1. The van der Waals surface area contributed by atoms with E-state index in [1.165, 1.54) is 0 Å². The van der Waals surface area contributed by atoms with E-state index < -0.39 is 0 Å². The Morgan fingerprint density at radius 3 is 2.71 bits per heavy atom. The normalized spacial score (nSPS) is 18.9. The molecular formula is C17H21N5O2. The van der Waals surface area contributed by atoms with Crippen LogP contribution in [0.4, 0.5) is 5.82 Å². The summed E-state index contributed by atoms with van der Waals surface area (Å²) in [5.41, 5.74) is 2.68. The summed E-state index contributed by atoms with van der Waals surface area (Å²) < 4.78 is 0. The molecule has 0 unspecified atom stereocenters. The molecule has 0 spiro atoms. The largest absolute Gasteiger partial charge is 0.355 e. The zero-order valence-electron chi connectivity index (χ0n) is 13.8. The van der Waals surface area contributed by atoms with Gasteiger partial charge in [-0.05, 0) is 31.4 Å². The second kappa shape index (κ2) is 6.82. The minimum atomic E-state index is -0.171. The molecule has 0 bridgehead atoms. The van der Waals surface area contributed by atoms with Crippen LogP contribution in [0.3, 0.4) is 0 Å². The number of pyridine rings is 1. The first-order valence-electron chi connectivity index (χ1n) is 8.09. The molecule has 2 heterocycles. The van der Waals surface area contributed by atoms with E-state index in [2.05, 4.69) is 32.7 Å². The van der Waals surface area contributed by atoms with Gasteiger partial charge in [-0.3, -0.25) is 19.7 Å². The van der Waals surface area contributed by atoms with Crippen molar-refractivity contribution in [1.82, 2.24) is 20.5 Å². The fourth-order valence-corrected chi connectivity index (χ4v) is 2.63. The predicted octanol–water partition coefficient (Wildman–Crippen LogP) is 1.88. The van der Waals surface area contributed by atoms with Crippen LogP contribution in [-0.4, -0.2) is 33.5 Å². The average Bonchev–Trinajstić information content (AvgIpc) is 3.21. The van der Waals surface area contributed by atoms with E-state index >= 15 is 0 Å². The van der Waals surface area contributed by atoms with Crippen molar-refractivity contribution >= 4 is 17.6 Å². The van der Waals surface area contributed by atoms with Crippen molar-refractivity contribution in [3.63, 3.8) is 0 Å². The Morgan fingerprint density at radius 2 is 2.04 bits per heavy atom. The number of carbonyl (C=O) groups excluding carboxylic acids is 2. The molecule has 0 aromatic carbocycles. The van der Waals surface area contributed by atoms with E-state index in [0.717, 1.165) is 23.2 Å². The van der Waals surface area contributed by atoms with Gasteiger partial charge < -0.3 is 10.6 Å². The first-order valence-corrected chi connectivity index (χ1v) is 8.09. The molecule has 1 fully saturated rings. The van der Waals surface area contributed by atoms with Crippen LogP contribution in [-0.2, 0) is 9.59 Å². The first-order chi connectivity index (χ1) is 11.6. The number of carbonyl (C=O) groups is 2. The molecular weight excluding hydrogens is 306 g/mol. The third-order valence-electron chi connectivity index (χ3n) is 4.33. The summed E-state index contributed by atoms with van der Waals surface area (Å²) in [7, 11) is 0. The van der Waals surface area contributed by atoms with Crippen LogP contribution in [0.2, 0.25) is 0 Å². The minimum Gasteiger partial charge on any atom is -0.355 e. The van der Waals surface area contributed by atoms with E-state index in [4.69, 9.17) is 0 Å². The Morgan fingerprint density at radius 1 is 1.33 bits per heavy atom. The molecule has 0 radical (unpaired) electrons. The van der Waals surface area contributed by atoms with Crippen molar-refractivity contribution in [3.05, 3.63) is 30.1 Å². The molecule has 7 heteroatoms. The third kappa shape index (κ3) is 3.61. The molecule has 0 aliphatic heterocycles. The SMILES string of the molecule is Cc1c(NC(=O)CCNC(=O)[C@@H]2C[C@@H]2C)n[nH]c1-c1ccncc1. The fraction of sp³-hybridized carbons (Fsp3) is 0.412. The Kier molecular flexibility index (Phi) is 4.59. The summed E-state index contributed by atoms with van der Waals surface area (Å²) in [4.78, 5) is 27.7. The van der Waals surface area contributed by atoms with Crippen LogP contribution in [0.25, 0.3) is 11.3 Å². The van der Waals surface area contributed by atoms with Gasteiger partial charge in [-0.1, -0.05) is 6.92 Å². The van der Waals surface area contributed by atoms with Crippen LogP contribution in [0.1, 0.15) is 25.3 Å². The first kappa shape index (κ1) is 16.2. The molecule has 7 nitrogen and oxygen atoms in total. The number of aromatic amines is 1. The summed E-state index contributed by atoms with van der Waals surface area (Å²) in [5, 5.41) is 12.7. The predicted molar refractivity (Wildman–Crippen MR) is 90.1 cm³/mol. The van der Waals surface area contributed by atoms with Gasteiger partial charge >= 0.3 is 0 Å². The monoisotopic (exact) mass is 327 g/mol. The summed E-state index contributed by atoms with van der Waals surface area (Å²) in [6.07, 6.45) is 4.58. The topological polar surface area (TPSA) is 99.8 Å². The molecule has 2 atom stereocenters. The highest BCUT2D eigenvalue weighted by atomic mass is 16.2. The second-order valence-corrected chi connectivity index (χ2v) is 6.22. The van der Waals surface area contributed by atoms with Crippen molar-refractivity contribution in [2.24, 2.45) is 11.8 Å². The maximum absolute atomic E-state index is 12.0. The number of nitrogens with zero attached hydrogens (tertiary/aromatic N) is 2. The van der Waals surface area contributed by atoms with Crippen LogP contribution >= 0.6 is 0 Å². The van der Waals surface area contributed by atoms with Crippen molar-refractivity contribution < 1.29 is 9.59 Å². The van der Waals surface area contributed by atoms with E-state index in [0.29, 0.717) is 18.3 Å². The lowest BCUT2D eigenvalue weighted by atomic mass is 10.1. The number of hydrogen-bond acceptors (Lipinski definition) is 4. The molecule has 1 saturated carbocycles. The van der Waals surface area contributed by atoms with E-state index in [1.807, 2.05) is 19.1 Å². The van der Waals surface area contributed by atoms with Gasteiger partial charge in [0.05, 0.1) is 5.69 Å². The van der Waals surface area contributed by atoms with Gasteiger partial charge in [-0.25, -0.2) is 0 Å². The summed E-state index contributed by atoms with van der Waals surface area (Å²) in [6, 6.07) is 3.75. The highest BCUT2D eigenvalue weighted by Gasteiger charge is 2.38. The number of nitrogens with one attached hydrogen (secondary N) is 3. The Hall–Kier alpha value is -2.70. The fourth-order valence-electron chi connectivity index (χ4n) is 2.63. The third-order valence-corrected chi connectivity index (χ3v) is 4.33. The lowest BCUT2D eigenvalue weighted by molar-refractivity contribution is -0.122.